The fraction of sp³-hybridized carbons (Fsp3) is 0.214. The average Bonchev–Trinajstić information content (AvgIpc) is 2.85. The molecule has 3 aromatic rings. The van der Waals surface area contributed by atoms with Crippen molar-refractivity contribution < 1.29 is 19.0 Å². The Hall–Kier alpha value is -3.50. The minimum atomic E-state index is -0.530. The fourth-order valence-corrected chi connectivity index (χ4v) is 3.72. The average molecular weight is 525 g/mol. The molecule has 1 amide bonds. The van der Waals surface area contributed by atoms with Gasteiger partial charge in [-0.05, 0) is 61.9 Å². The van der Waals surface area contributed by atoms with E-state index in [-0.39, 0.29) is 22.2 Å². The number of carbonyl (C=O) groups is 1. The number of ether oxygens (including phenoxy) is 3. The second-order valence-corrected chi connectivity index (χ2v) is 8.74. The molecule has 0 atom stereocenters. The Labute approximate surface area is 221 Å². The lowest BCUT2D eigenvalue weighted by molar-refractivity contribution is -0.112. The maximum Gasteiger partial charge on any atom is 0.266 e. The van der Waals surface area contributed by atoms with Gasteiger partial charge in [0.15, 0.2) is 5.75 Å². The molecule has 3 rings (SSSR count). The van der Waals surface area contributed by atoms with Crippen molar-refractivity contribution in [2.75, 3.05) is 31.7 Å². The maximum absolute atomic E-state index is 12.5. The van der Waals surface area contributed by atoms with Crippen molar-refractivity contribution in [3.63, 3.8) is 0 Å². The van der Waals surface area contributed by atoms with Crippen LogP contribution in [0.15, 0.2) is 66.2 Å². The molecule has 0 aromatic heterocycles. The van der Waals surface area contributed by atoms with E-state index in [9.17, 15) is 10.1 Å². The lowest BCUT2D eigenvalue weighted by Gasteiger charge is -2.12. The van der Waals surface area contributed by atoms with Gasteiger partial charge in [-0.25, -0.2) is 0 Å². The highest BCUT2D eigenvalue weighted by atomic mass is 35.5. The molecule has 1 N–H and O–H groups in total. The van der Waals surface area contributed by atoms with Gasteiger partial charge in [-0.15, -0.1) is 0 Å². The zero-order valence-electron chi connectivity index (χ0n) is 20.0. The monoisotopic (exact) mass is 524 g/mol. The first kappa shape index (κ1) is 27.1. The topological polar surface area (TPSA) is 80.6 Å². The summed E-state index contributed by atoms with van der Waals surface area (Å²) in [6, 6.07) is 20.1. The summed E-state index contributed by atoms with van der Waals surface area (Å²) in [5, 5.41) is 12.7. The SMILES string of the molecule is Cc1ccc(NC(=O)/C(C#N)=C/c2cc(Cl)c(OCCOCCOc3ccc(C)cc3)c(Cl)c2)cc1. The van der Waals surface area contributed by atoms with Crippen LogP contribution in [0.25, 0.3) is 6.08 Å². The number of benzene rings is 3. The number of rotatable bonds is 11. The Morgan fingerprint density at radius 1 is 0.889 bits per heavy atom. The number of carbonyl (C=O) groups excluding carboxylic acids is 1. The Bertz CT molecular complexity index is 1230. The molecule has 36 heavy (non-hydrogen) atoms. The molecular weight excluding hydrogens is 499 g/mol. The van der Waals surface area contributed by atoms with Crippen LogP contribution in [-0.2, 0) is 9.53 Å². The second-order valence-electron chi connectivity index (χ2n) is 7.93. The molecule has 0 heterocycles. The van der Waals surface area contributed by atoms with E-state index in [0.717, 1.165) is 11.3 Å². The van der Waals surface area contributed by atoms with Crippen LogP contribution in [-0.4, -0.2) is 32.3 Å². The summed E-state index contributed by atoms with van der Waals surface area (Å²) in [6.45, 7) is 5.35. The molecule has 0 unspecified atom stereocenters. The third kappa shape index (κ3) is 8.31. The van der Waals surface area contributed by atoms with E-state index in [2.05, 4.69) is 5.32 Å². The standard InChI is InChI=1S/C28H26Cl2N2O4/c1-19-3-7-23(8-4-19)32-28(33)22(18-31)15-21-16-25(29)27(26(30)17-21)36-14-12-34-11-13-35-24-9-5-20(2)6-10-24/h3-10,15-17H,11-14H2,1-2H3,(H,32,33)/b22-15+. The Balaban J connectivity index is 1.49. The number of aryl methyl sites for hydroxylation is 2. The van der Waals surface area contributed by atoms with Crippen LogP contribution in [0.5, 0.6) is 11.5 Å². The van der Waals surface area contributed by atoms with Crippen molar-refractivity contribution in [1.82, 2.24) is 0 Å². The van der Waals surface area contributed by atoms with Gasteiger partial charge in [-0.3, -0.25) is 4.79 Å². The first-order valence-corrected chi connectivity index (χ1v) is 12.0. The Kier molecular flexibility index (Phi) is 10.2. The van der Waals surface area contributed by atoms with Crippen LogP contribution in [0.4, 0.5) is 5.69 Å². The van der Waals surface area contributed by atoms with Gasteiger partial charge in [0.25, 0.3) is 5.91 Å². The lowest BCUT2D eigenvalue weighted by atomic mass is 10.1. The molecule has 0 radical (unpaired) electrons. The Morgan fingerprint density at radius 3 is 2.03 bits per heavy atom. The molecule has 0 spiro atoms. The number of halogens is 2. The van der Waals surface area contributed by atoms with Crippen LogP contribution in [0.2, 0.25) is 10.0 Å². The van der Waals surface area contributed by atoms with Gasteiger partial charge >= 0.3 is 0 Å². The van der Waals surface area contributed by atoms with Crippen LogP contribution in [0.3, 0.4) is 0 Å². The predicted molar refractivity (Wildman–Crippen MR) is 143 cm³/mol. The first-order valence-electron chi connectivity index (χ1n) is 11.2. The third-order valence-corrected chi connectivity index (χ3v) is 5.56. The normalized spacial score (nSPS) is 11.0. The molecule has 0 saturated carbocycles. The number of amides is 1. The number of nitriles is 1. The predicted octanol–water partition coefficient (Wildman–Crippen LogP) is 6.63. The summed E-state index contributed by atoms with van der Waals surface area (Å²) >= 11 is 12.7. The zero-order chi connectivity index (χ0) is 25.9. The highest BCUT2D eigenvalue weighted by molar-refractivity contribution is 6.37. The van der Waals surface area contributed by atoms with E-state index in [1.807, 2.05) is 56.3 Å². The summed E-state index contributed by atoms with van der Waals surface area (Å²) in [7, 11) is 0. The van der Waals surface area contributed by atoms with E-state index < -0.39 is 5.91 Å². The van der Waals surface area contributed by atoms with Crippen molar-refractivity contribution in [2.45, 2.75) is 13.8 Å². The molecule has 0 bridgehead atoms. The molecule has 0 fully saturated rings. The summed E-state index contributed by atoms with van der Waals surface area (Å²) in [5.41, 5.74) is 3.24. The molecular formula is C28H26Cl2N2O4. The summed E-state index contributed by atoms with van der Waals surface area (Å²) in [6.07, 6.45) is 1.42. The van der Waals surface area contributed by atoms with Crippen molar-refractivity contribution in [2.24, 2.45) is 0 Å². The highest BCUT2D eigenvalue weighted by Crippen LogP contribution is 2.35. The fourth-order valence-electron chi connectivity index (χ4n) is 3.11. The van der Waals surface area contributed by atoms with E-state index >= 15 is 0 Å². The van der Waals surface area contributed by atoms with Crippen LogP contribution < -0.4 is 14.8 Å². The first-order chi connectivity index (χ1) is 17.4. The Morgan fingerprint density at radius 2 is 1.44 bits per heavy atom. The number of hydrogen-bond donors (Lipinski definition) is 1. The minimum Gasteiger partial charge on any atom is -0.491 e. The van der Waals surface area contributed by atoms with Gasteiger partial charge in [-0.2, -0.15) is 5.26 Å². The van der Waals surface area contributed by atoms with Crippen LogP contribution >= 0.6 is 23.2 Å². The van der Waals surface area contributed by atoms with E-state index in [4.69, 9.17) is 37.4 Å². The second kappa shape index (κ2) is 13.6. The summed E-state index contributed by atoms with van der Waals surface area (Å²) in [5.74, 6) is 0.565. The zero-order valence-corrected chi connectivity index (χ0v) is 21.5. The lowest BCUT2D eigenvalue weighted by Crippen LogP contribution is -2.13. The van der Waals surface area contributed by atoms with Crippen LogP contribution in [0.1, 0.15) is 16.7 Å². The summed E-state index contributed by atoms with van der Waals surface area (Å²) < 4.78 is 16.8. The van der Waals surface area contributed by atoms with Gasteiger partial charge in [-0.1, -0.05) is 58.6 Å². The molecule has 3 aromatic carbocycles. The van der Waals surface area contributed by atoms with E-state index in [1.54, 1.807) is 24.3 Å². The number of hydrogen-bond acceptors (Lipinski definition) is 5. The number of anilines is 1. The van der Waals surface area contributed by atoms with Crippen molar-refractivity contribution in [1.29, 1.82) is 5.26 Å². The quantitative estimate of drug-likeness (QED) is 0.173. The molecule has 0 saturated heterocycles. The number of nitrogens with one attached hydrogen (secondary N) is 1. The molecule has 186 valence electrons. The van der Waals surface area contributed by atoms with Gasteiger partial charge in [0.05, 0.1) is 23.3 Å². The molecule has 0 aliphatic carbocycles. The summed E-state index contributed by atoms with van der Waals surface area (Å²) in [4.78, 5) is 12.5. The largest absolute Gasteiger partial charge is 0.491 e. The highest BCUT2D eigenvalue weighted by Gasteiger charge is 2.13. The van der Waals surface area contributed by atoms with Gasteiger partial charge in [0.2, 0.25) is 0 Å². The smallest absolute Gasteiger partial charge is 0.266 e. The molecule has 0 aliphatic heterocycles. The van der Waals surface area contributed by atoms with Crippen LogP contribution in [0, 0.1) is 25.2 Å². The van der Waals surface area contributed by atoms with Gasteiger partial charge < -0.3 is 19.5 Å². The molecule has 8 heteroatoms. The maximum atomic E-state index is 12.5. The third-order valence-electron chi connectivity index (χ3n) is 5.00. The molecule has 6 nitrogen and oxygen atoms in total. The van der Waals surface area contributed by atoms with E-state index in [0.29, 0.717) is 36.8 Å². The van der Waals surface area contributed by atoms with Gasteiger partial charge in [0.1, 0.15) is 30.6 Å². The van der Waals surface area contributed by atoms with E-state index in [1.165, 1.54) is 11.6 Å². The number of nitrogens with zero attached hydrogens (tertiary/aromatic N) is 1. The minimum absolute atomic E-state index is 0.0855. The van der Waals surface area contributed by atoms with Crippen molar-refractivity contribution >= 4 is 40.9 Å². The van der Waals surface area contributed by atoms with Crippen molar-refractivity contribution in [3.8, 4) is 17.6 Å². The molecule has 0 aliphatic rings. The van der Waals surface area contributed by atoms with Gasteiger partial charge in [0, 0.05) is 5.69 Å². The van der Waals surface area contributed by atoms with Crippen molar-refractivity contribution in [3.05, 3.63) is 93.0 Å².